The Morgan fingerprint density at radius 1 is 1.00 bits per heavy atom. The lowest BCUT2D eigenvalue weighted by molar-refractivity contribution is -0.194. The van der Waals surface area contributed by atoms with Crippen molar-refractivity contribution in [3.8, 4) is 16.9 Å². The van der Waals surface area contributed by atoms with E-state index in [-0.39, 0.29) is 5.82 Å². The van der Waals surface area contributed by atoms with Gasteiger partial charge in [0, 0.05) is 22.5 Å². The number of halogens is 2. The highest BCUT2D eigenvalue weighted by Crippen LogP contribution is 2.39. The molecule has 0 N–H and O–H groups in total. The van der Waals surface area contributed by atoms with Gasteiger partial charge in [-0.15, -0.1) is 0 Å². The van der Waals surface area contributed by atoms with Gasteiger partial charge in [-0.25, -0.2) is 14.1 Å². The summed E-state index contributed by atoms with van der Waals surface area (Å²) in [4.78, 5) is 10.1. The summed E-state index contributed by atoms with van der Waals surface area (Å²) < 4.78 is 23.1. The van der Waals surface area contributed by atoms with E-state index in [2.05, 4.69) is 31.2 Å². The molecule has 5 rings (SSSR count). The first-order valence-corrected chi connectivity index (χ1v) is 11.6. The number of ether oxygens (including phenoxy) is 1. The first kappa shape index (κ1) is 22.3. The van der Waals surface area contributed by atoms with Gasteiger partial charge in [0.1, 0.15) is 35.5 Å². The molecular weight excluding hydrogens is 499 g/mol. The molecule has 1 aliphatic heterocycles. The summed E-state index contributed by atoms with van der Waals surface area (Å²) in [7, 11) is 0. The Bertz CT molecular complexity index is 1330. The van der Waals surface area contributed by atoms with Gasteiger partial charge in [0.25, 0.3) is 5.79 Å². The molecule has 0 spiro atoms. The molecule has 0 radical (unpaired) electrons. The van der Waals surface area contributed by atoms with Gasteiger partial charge >= 0.3 is 0 Å². The highest BCUT2D eigenvalue weighted by Gasteiger charge is 2.49. The molecule has 8 heteroatoms. The highest BCUT2D eigenvalue weighted by atomic mass is 79.9. The van der Waals surface area contributed by atoms with Crippen molar-refractivity contribution < 1.29 is 14.0 Å². The predicted octanol–water partition coefficient (Wildman–Crippen LogP) is 6.18. The number of oxime groups is 1. The first-order valence-electron chi connectivity index (χ1n) is 10.8. The van der Waals surface area contributed by atoms with E-state index < -0.39 is 11.3 Å². The van der Waals surface area contributed by atoms with E-state index in [9.17, 15) is 4.39 Å². The molecule has 1 aliphatic rings. The van der Waals surface area contributed by atoms with Crippen molar-refractivity contribution in [2.45, 2.75) is 31.6 Å². The Morgan fingerprint density at radius 3 is 2.41 bits per heavy atom. The average Bonchev–Trinajstić information content (AvgIpc) is 3.36. The van der Waals surface area contributed by atoms with E-state index in [1.165, 1.54) is 12.4 Å². The van der Waals surface area contributed by atoms with Gasteiger partial charge in [-0.3, -0.25) is 0 Å². The zero-order valence-corrected chi connectivity index (χ0v) is 20.2. The average molecular weight is 521 g/mol. The van der Waals surface area contributed by atoms with Crippen molar-refractivity contribution in [3.05, 3.63) is 101 Å². The summed E-state index contributed by atoms with van der Waals surface area (Å²) in [5.74, 6) is -0.626. The van der Waals surface area contributed by atoms with Crippen LogP contribution in [0.2, 0.25) is 0 Å². The Labute approximate surface area is 205 Å². The van der Waals surface area contributed by atoms with Crippen molar-refractivity contribution in [1.29, 1.82) is 0 Å². The number of rotatable bonds is 5. The second-order valence-electron chi connectivity index (χ2n) is 8.57. The van der Waals surface area contributed by atoms with E-state index in [1.54, 1.807) is 17.1 Å². The fraction of sp³-hybridized carbons (Fsp3) is 0.192. The van der Waals surface area contributed by atoms with Crippen molar-refractivity contribution in [3.63, 3.8) is 0 Å². The lowest BCUT2D eigenvalue weighted by Gasteiger charge is -2.42. The summed E-state index contributed by atoms with van der Waals surface area (Å²) >= 11 is 3.30. The van der Waals surface area contributed by atoms with Gasteiger partial charge in [-0.05, 0) is 36.8 Å². The molecule has 3 aromatic carbocycles. The van der Waals surface area contributed by atoms with Crippen LogP contribution in [0, 0.1) is 5.82 Å². The zero-order valence-electron chi connectivity index (χ0n) is 18.7. The molecule has 2 unspecified atom stereocenters. The van der Waals surface area contributed by atoms with Gasteiger partial charge in [-0.1, -0.05) is 69.6 Å². The first-order chi connectivity index (χ1) is 16.4. The molecule has 34 heavy (non-hydrogen) atoms. The Hall–Kier alpha value is -3.52. The number of benzene rings is 3. The molecule has 0 saturated carbocycles. The van der Waals surface area contributed by atoms with Crippen LogP contribution in [0.25, 0.3) is 11.1 Å². The van der Waals surface area contributed by atoms with Crippen molar-refractivity contribution in [2.24, 2.45) is 5.16 Å². The van der Waals surface area contributed by atoms with Crippen LogP contribution in [-0.2, 0) is 10.4 Å². The molecular formula is C26H22BrFN4O2. The summed E-state index contributed by atoms with van der Waals surface area (Å²) in [5.41, 5.74) is 2.10. The fourth-order valence-corrected chi connectivity index (χ4v) is 4.65. The van der Waals surface area contributed by atoms with Crippen LogP contribution in [-0.4, -0.2) is 26.3 Å². The summed E-state index contributed by atoms with van der Waals surface area (Å²) in [6.07, 6.45) is 3.59. The Balaban J connectivity index is 1.51. The lowest BCUT2D eigenvalue weighted by atomic mass is 9.83. The van der Waals surface area contributed by atoms with Crippen LogP contribution >= 0.6 is 15.9 Å². The predicted molar refractivity (Wildman–Crippen MR) is 131 cm³/mol. The normalized spacial score (nSPS) is 22.1. The minimum atomic E-state index is -1.02. The third-order valence-electron chi connectivity index (χ3n) is 5.91. The lowest BCUT2D eigenvalue weighted by Crippen LogP contribution is -2.53. The van der Waals surface area contributed by atoms with Crippen molar-refractivity contribution in [1.82, 2.24) is 14.8 Å². The quantitative estimate of drug-likeness (QED) is 0.315. The van der Waals surface area contributed by atoms with Crippen LogP contribution in [0.4, 0.5) is 4.39 Å². The van der Waals surface area contributed by atoms with E-state index in [0.717, 1.165) is 11.1 Å². The topological polar surface area (TPSA) is 61.5 Å². The highest BCUT2D eigenvalue weighted by molar-refractivity contribution is 9.10. The summed E-state index contributed by atoms with van der Waals surface area (Å²) in [5, 5.41) is 8.92. The SMILES string of the molecule is CC1(Oc2ccccc2)CC(C)(n2cncn2)C(c2ccc(-c3ccc(Br)cc3F)cc2)=NO1. The van der Waals surface area contributed by atoms with Crippen LogP contribution in [0.3, 0.4) is 0 Å². The molecule has 6 nitrogen and oxygen atoms in total. The van der Waals surface area contributed by atoms with Gasteiger partial charge in [0.15, 0.2) is 0 Å². The maximum absolute atomic E-state index is 14.5. The molecule has 1 aromatic heterocycles. The van der Waals surface area contributed by atoms with E-state index in [0.29, 0.717) is 27.9 Å². The molecule has 0 amide bonds. The van der Waals surface area contributed by atoms with E-state index in [1.807, 2.05) is 74.5 Å². The second-order valence-corrected chi connectivity index (χ2v) is 9.49. The molecule has 2 heterocycles. The smallest absolute Gasteiger partial charge is 0.275 e. The second kappa shape index (κ2) is 8.68. The standard InChI is InChI=1S/C26H22BrFN4O2/c1-25(32-17-29-16-30-32)15-26(2,33-21-6-4-3-5-7-21)34-31-24(25)19-10-8-18(9-11-19)22-13-12-20(27)14-23(22)28/h3-14,16-17H,15H2,1-2H3. The Kier molecular flexibility index (Phi) is 5.69. The van der Waals surface area contributed by atoms with E-state index in [4.69, 9.17) is 9.57 Å². The number of hydrogen-bond donors (Lipinski definition) is 0. The molecule has 2 atom stereocenters. The summed E-state index contributed by atoms with van der Waals surface area (Å²) in [6.45, 7) is 3.88. The Morgan fingerprint density at radius 2 is 1.74 bits per heavy atom. The van der Waals surface area contributed by atoms with Gasteiger partial charge in [0.2, 0.25) is 0 Å². The molecule has 172 valence electrons. The molecule has 0 bridgehead atoms. The van der Waals surface area contributed by atoms with Gasteiger partial charge in [-0.2, -0.15) is 5.10 Å². The van der Waals surface area contributed by atoms with Crippen LogP contribution in [0.5, 0.6) is 5.75 Å². The fourth-order valence-electron chi connectivity index (χ4n) is 4.32. The molecule has 0 saturated heterocycles. The maximum atomic E-state index is 14.5. The van der Waals surface area contributed by atoms with Gasteiger partial charge < -0.3 is 9.57 Å². The zero-order chi connectivity index (χ0) is 23.8. The number of aromatic nitrogens is 3. The number of para-hydroxylation sites is 1. The van der Waals surface area contributed by atoms with Crippen LogP contribution in [0.15, 0.2) is 95.1 Å². The number of nitrogens with zero attached hydrogens (tertiary/aromatic N) is 4. The van der Waals surface area contributed by atoms with Crippen LogP contribution < -0.4 is 4.74 Å². The minimum absolute atomic E-state index is 0.290. The molecule has 0 fully saturated rings. The van der Waals surface area contributed by atoms with Gasteiger partial charge in [0.05, 0.1) is 6.42 Å². The van der Waals surface area contributed by atoms with Crippen molar-refractivity contribution >= 4 is 21.6 Å². The monoisotopic (exact) mass is 520 g/mol. The van der Waals surface area contributed by atoms with Crippen molar-refractivity contribution in [2.75, 3.05) is 0 Å². The largest absolute Gasteiger partial charge is 0.450 e. The van der Waals surface area contributed by atoms with E-state index >= 15 is 0 Å². The maximum Gasteiger partial charge on any atom is 0.275 e. The molecule has 4 aromatic rings. The summed E-state index contributed by atoms with van der Waals surface area (Å²) in [6, 6.07) is 22.1. The third-order valence-corrected chi connectivity index (χ3v) is 6.40. The van der Waals surface area contributed by atoms with Crippen LogP contribution in [0.1, 0.15) is 25.8 Å². The molecule has 0 aliphatic carbocycles. The third kappa shape index (κ3) is 4.21. The minimum Gasteiger partial charge on any atom is -0.450 e. The number of hydrogen-bond acceptors (Lipinski definition) is 5.